The molecule has 0 aromatic heterocycles. The SMILES string of the molecule is CN1C(=O)/C(=C2/C(=O)N(CCCN)c3cc(Br)ccc32)c2ccccc21. The zero-order chi connectivity index (χ0) is 18.4. The van der Waals surface area contributed by atoms with E-state index >= 15 is 0 Å². The first-order valence-corrected chi connectivity index (χ1v) is 9.27. The fraction of sp³-hybridized carbons (Fsp3) is 0.200. The lowest BCUT2D eigenvalue weighted by Gasteiger charge is -2.16. The summed E-state index contributed by atoms with van der Waals surface area (Å²) in [5, 5.41) is 0. The van der Waals surface area contributed by atoms with Crippen LogP contribution in [0.2, 0.25) is 0 Å². The molecule has 0 radical (unpaired) electrons. The number of likely N-dealkylation sites (N-methyl/N-ethyl adjacent to an activating group) is 1. The van der Waals surface area contributed by atoms with Crippen LogP contribution in [0.3, 0.4) is 0 Å². The van der Waals surface area contributed by atoms with E-state index in [9.17, 15) is 9.59 Å². The molecule has 2 N–H and O–H groups in total. The smallest absolute Gasteiger partial charge is 0.259 e. The lowest BCUT2D eigenvalue weighted by molar-refractivity contribution is -0.114. The third-order valence-corrected chi connectivity index (χ3v) is 5.36. The summed E-state index contributed by atoms with van der Waals surface area (Å²) in [6.45, 7) is 1.03. The van der Waals surface area contributed by atoms with E-state index in [4.69, 9.17) is 5.73 Å². The molecular formula is C20H18BrN3O2. The van der Waals surface area contributed by atoms with Crippen LogP contribution >= 0.6 is 15.9 Å². The van der Waals surface area contributed by atoms with Gasteiger partial charge in [-0.15, -0.1) is 0 Å². The summed E-state index contributed by atoms with van der Waals surface area (Å²) in [7, 11) is 1.74. The van der Waals surface area contributed by atoms with Crippen LogP contribution in [0.25, 0.3) is 11.1 Å². The summed E-state index contributed by atoms with van der Waals surface area (Å²) >= 11 is 3.48. The molecule has 0 atom stereocenters. The second-order valence-corrected chi connectivity index (χ2v) is 7.31. The van der Waals surface area contributed by atoms with E-state index in [0.717, 1.165) is 27.0 Å². The summed E-state index contributed by atoms with van der Waals surface area (Å²) in [6, 6.07) is 13.3. The Balaban J connectivity index is 1.97. The Hall–Kier alpha value is -2.44. The summed E-state index contributed by atoms with van der Waals surface area (Å²) in [5.74, 6) is -0.288. The summed E-state index contributed by atoms with van der Waals surface area (Å²) < 4.78 is 0.892. The molecule has 2 heterocycles. The van der Waals surface area contributed by atoms with Crippen molar-refractivity contribution in [2.45, 2.75) is 6.42 Å². The maximum Gasteiger partial charge on any atom is 0.259 e. The van der Waals surface area contributed by atoms with E-state index in [2.05, 4.69) is 15.9 Å². The molecule has 2 aromatic carbocycles. The molecule has 0 unspecified atom stereocenters. The number of rotatable bonds is 3. The van der Waals surface area contributed by atoms with Crippen molar-refractivity contribution in [3.05, 3.63) is 58.1 Å². The first kappa shape index (κ1) is 17.0. The van der Waals surface area contributed by atoms with Gasteiger partial charge in [-0.25, -0.2) is 0 Å². The van der Waals surface area contributed by atoms with Gasteiger partial charge in [0.2, 0.25) is 0 Å². The first-order valence-electron chi connectivity index (χ1n) is 8.48. The van der Waals surface area contributed by atoms with Gasteiger partial charge in [0.1, 0.15) is 0 Å². The van der Waals surface area contributed by atoms with Gasteiger partial charge in [-0.3, -0.25) is 9.59 Å². The standard InChI is InChI=1S/C20H18BrN3O2/c1-23-15-6-3-2-5-13(15)17(19(23)25)18-14-8-7-12(21)11-16(14)24(20(18)26)10-4-9-22/h2-3,5-8,11H,4,9-10,22H2,1H3/b18-17+. The van der Waals surface area contributed by atoms with Crippen molar-refractivity contribution in [2.75, 3.05) is 29.9 Å². The van der Waals surface area contributed by atoms with Crippen molar-refractivity contribution in [3.63, 3.8) is 0 Å². The number of hydrogen-bond donors (Lipinski definition) is 1. The van der Waals surface area contributed by atoms with Gasteiger partial charge in [0, 0.05) is 29.2 Å². The maximum absolute atomic E-state index is 13.3. The van der Waals surface area contributed by atoms with Gasteiger partial charge in [0.05, 0.1) is 22.5 Å². The number of carbonyl (C=O) groups is 2. The average Bonchev–Trinajstić information content (AvgIpc) is 3.04. The van der Waals surface area contributed by atoms with Crippen LogP contribution in [0, 0.1) is 0 Å². The van der Waals surface area contributed by atoms with Crippen molar-refractivity contribution < 1.29 is 9.59 Å². The van der Waals surface area contributed by atoms with Crippen LogP contribution in [-0.4, -0.2) is 32.0 Å². The molecule has 0 aliphatic carbocycles. The predicted molar refractivity (Wildman–Crippen MR) is 107 cm³/mol. The zero-order valence-electron chi connectivity index (χ0n) is 14.3. The summed E-state index contributed by atoms with van der Waals surface area (Å²) in [4.78, 5) is 29.6. The molecule has 0 saturated carbocycles. The van der Waals surface area contributed by atoms with E-state index in [0.29, 0.717) is 30.7 Å². The minimum atomic E-state index is -0.149. The highest BCUT2D eigenvalue weighted by atomic mass is 79.9. The number of benzene rings is 2. The number of amides is 2. The molecule has 2 aromatic rings. The van der Waals surface area contributed by atoms with Gasteiger partial charge in [-0.1, -0.05) is 40.2 Å². The molecule has 6 heteroatoms. The zero-order valence-corrected chi connectivity index (χ0v) is 15.9. The van der Waals surface area contributed by atoms with Gasteiger partial charge < -0.3 is 15.5 Å². The van der Waals surface area contributed by atoms with Crippen molar-refractivity contribution in [2.24, 2.45) is 5.73 Å². The van der Waals surface area contributed by atoms with Gasteiger partial charge in [0.25, 0.3) is 11.8 Å². The van der Waals surface area contributed by atoms with Crippen LogP contribution in [0.1, 0.15) is 17.5 Å². The van der Waals surface area contributed by atoms with Crippen LogP contribution in [0.5, 0.6) is 0 Å². The van der Waals surface area contributed by atoms with E-state index < -0.39 is 0 Å². The van der Waals surface area contributed by atoms with Gasteiger partial charge >= 0.3 is 0 Å². The fourth-order valence-electron chi connectivity index (χ4n) is 3.62. The predicted octanol–water partition coefficient (Wildman–Crippen LogP) is 3.03. The van der Waals surface area contributed by atoms with Crippen LogP contribution in [0.4, 0.5) is 11.4 Å². The van der Waals surface area contributed by atoms with Crippen LogP contribution < -0.4 is 15.5 Å². The summed E-state index contributed by atoms with van der Waals surface area (Å²) in [6.07, 6.45) is 0.699. The second kappa shape index (κ2) is 6.37. The Morgan fingerprint density at radius 1 is 0.962 bits per heavy atom. The highest BCUT2D eigenvalue weighted by Crippen LogP contribution is 2.46. The Bertz CT molecular complexity index is 967. The third kappa shape index (κ3) is 2.40. The van der Waals surface area contributed by atoms with Crippen molar-refractivity contribution in [1.29, 1.82) is 0 Å². The van der Waals surface area contributed by atoms with E-state index in [1.165, 1.54) is 0 Å². The number of halogens is 1. The van der Waals surface area contributed by atoms with Crippen molar-refractivity contribution >= 4 is 50.3 Å². The van der Waals surface area contributed by atoms with Gasteiger partial charge in [-0.2, -0.15) is 0 Å². The lowest BCUT2D eigenvalue weighted by Crippen LogP contribution is -2.29. The monoisotopic (exact) mass is 411 g/mol. The molecule has 0 fully saturated rings. The van der Waals surface area contributed by atoms with Gasteiger partial charge in [0.15, 0.2) is 0 Å². The third-order valence-electron chi connectivity index (χ3n) is 4.87. The minimum Gasteiger partial charge on any atom is -0.330 e. The maximum atomic E-state index is 13.3. The lowest BCUT2D eigenvalue weighted by atomic mass is 9.96. The molecule has 4 rings (SSSR count). The largest absolute Gasteiger partial charge is 0.330 e. The molecule has 2 aliphatic rings. The first-order chi connectivity index (χ1) is 12.5. The Morgan fingerprint density at radius 3 is 2.42 bits per heavy atom. The molecule has 132 valence electrons. The Labute approximate surface area is 160 Å². The quantitative estimate of drug-likeness (QED) is 0.789. The number of anilines is 2. The molecule has 5 nitrogen and oxygen atoms in total. The van der Waals surface area contributed by atoms with Crippen LogP contribution in [-0.2, 0) is 9.59 Å². The van der Waals surface area contributed by atoms with E-state index in [-0.39, 0.29) is 11.8 Å². The van der Waals surface area contributed by atoms with Crippen molar-refractivity contribution in [3.8, 4) is 0 Å². The number of nitrogens with zero attached hydrogens (tertiary/aromatic N) is 2. The molecule has 26 heavy (non-hydrogen) atoms. The second-order valence-electron chi connectivity index (χ2n) is 6.39. The van der Waals surface area contributed by atoms with Gasteiger partial charge in [-0.05, 0) is 31.2 Å². The number of para-hydroxylation sites is 1. The van der Waals surface area contributed by atoms with E-state index in [1.54, 1.807) is 16.8 Å². The topological polar surface area (TPSA) is 66.6 Å². The molecule has 0 spiro atoms. The highest BCUT2D eigenvalue weighted by molar-refractivity contribution is 9.10. The van der Waals surface area contributed by atoms with E-state index in [1.807, 2.05) is 42.5 Å². The molecular weight excluding hydrogens is 394 g/mol. The van der Waals surface area contributed by atoms with Crippen LogP contribution in [0.15, 0.2) is 46.9 Å². The molecule has 2 aliphatic heterocycles. The number of hydrogen-bond acceptors (Lipinski definition) is 3. The average molecular weight is 412 g/mol. The number of nitrogens with two attached hydrogens (primary N) is 1. The normalized spacial score (nSPS) is 18.6. The molecule has 0 saturated heterocycles. The Kier molecular flexibility index (Phi) is 4.17. The highest BCUT2D eigenvalue weighted by Gasteiger charge is 2.40. The fourth-order valence-corrected chi connectivity index (χ4v) is 3.97. The number of carbonyl (C=O) groups excluding carboxylic acids is 2. The van der Waals surface area contributed by atoms with Crippen molar-refractivity contribution in [1.82, 2.24) is 0 Å². The Morgan fingerprint density at radius 2 is 1.65 bits per heavy atom. The summed E-state index contributed by atoms with van der Waals surface area (Å²) in [5.41, 5.74) is 9.84. The minimum absolute atomic E-state index is 0.139. The molecule has 0 bridgehead atoms. The number of fused-ring (bicyclic) bond motifs is 2. The molecule has 2 amide bonds.